The van der Waals surface area contributed by atoms with E-state index in [1.54, 1.807) is 36.4 Å². The molecular formula is C23H23ClN2O4S. The lowest BCUT2D eigenvalue weighted by Crippen LogP contribution is -2.29. The third kappa shape index (κ3) is 6.47. The average Bonchev–Trinajstić information content (AvgIpc) is 2.74. The molecule has 0 bridgehead atoms. The predicted octanol–water partition coefficient (Wildman–Crippen LogP) is 4.63. The van der Waals surface area contributed by atoms with E-state index in [0.717, 1.165) is 11.1 Å². The van der Waals surface area contributed by atoms with Gasteiger partial charge in [-0.15, -0.1) is 0 Å². The summed E-state index contributed by atoms with van der Waals surface area (Å²) in [5.74, 6) is 0.125. The lowest BCUT2D eigenvalue weighted by atomic mass is 10.2. The smallest absolute Gasteiger partial charge is 0.262 e. The quantitative estimate of drug-likeness (QED) is 0.534. The second kappa shape index (κ2) is 9.85. The number of amides is 1. The number of ether oxygens (including phenoxy) is 1. The molecule has 3 aromatic carbocycles. The fraction of sp³-hybridized carbons (Fsp3) is 0.174. The molecule has 1 amide bonds. The average molecular weight is 459 g/mol. The Morgan fingerprint density at radius 3 is 2.32 bits per heavy atom. The summed E-state index contributed by atoms with van der Waals surface area (Å²) in [5.41, 5.74) is 2.90. The largest absolute Gasteiger partial charge is 0.484 e. The summed E-state index contributed by atoms with van der Waals surface area (Å²) < 4.78 is 31.4. The van der Waals surface area contributed by atoms with E-state index in [4.69, 9.17) is 16.3 Å². The number of benzene rings is 3. The molecular weight excluding hydrogens is 436 g/mol. The second-order valence-corrected chi connectivity index (χ2v) is 9.36. The highest BCUT2D eigenvalue weighted by Gasteiger charge is 2.18. The topological polar surface area (TPSA) is 75.7 Å². The first-order valence-corrected chi connectivity index (χ1v) is 11.8. The number of aryl methyl sites for hydroxylation is 1. The predicted molar refractivity (Wildman–Crippen MR) is 124 cm³/mol. The van der Waals surface area contributed by atoms with Crippen molar-refractivity contribution in [1.29, 1.82) is 0 Å². The van der Waals surface area contributed by atoms with Gasteiger partial charge in [-0.05, 0) is 54.4 Å². The Labute approximate surface area is 187 Å². The molecule has 0 saturated heterocycles. The first kappa shape index (κ1) is 22.7. The van der Waals surface area contributed by atoms with Crippen LogP contribution in [0.4, 0.5) is 11.4 Å². The molecule has 3 rings (SSSR count). The molecule has 31 heavy (non-hydrogen) atoms. The summed E-state index contributed by atoms with van der Waals surface area (Å²) >= 11 is 6.06. The highest BCUT2D eigenvalue weighted by Crippen LogP contribution is 2.24. The van der Waals surface area contributed by atoms with E-state index in [2.05, 4.69) is 5.32 Å². The van der Waals surface area contributed by atoms with Crippen LogP contribution in [-0.2, 0) is 21.4 Å². The van der Waals surface area contributed by atoms with Gasteiger partial charge in [0.15, 0.2) is 6.61 Å². The molecule has 0 fully saturated rings. The Hall–Kier alpha value is -3.03. The Morgan fingerprint density at radius 2 is 1.71 bits per heavy atom. The standard InChI is InChI=1S/C23H23ClN2O4S/c1-17-8-9-19(14-22(17)24)25-23(27)16-30-21-12-10-20(11-13-21)26(31(2,28)29)15-18-6-4-3-5-7-18/h3-14H,15-16H2,1-2H3,(H,25,27). The number of anilines is 2. The third-order valence-corrected chi connectivity index (χ3v) is 6.07. The molecule has 162 valence electrons. The number of sulfonamides is 1. The van der Waals surface area contributed by atoms with Crippen molar-refractivity contribution >= 4 is 38.9 Å². The summed E-state index contributed by atoms with van der Waals surface area (Å²) in [7, 11) is -3.48. The summed E-state index contributed by atoms with van der Waals surface area (Å²) in [6, 6.07) is 21.2. The summed E-state index contributed by atoms with van der Waals surface area (Å²) in [5, 5.41) is 3.29. The van der Waals surface area contributed by atoms with Gasteiger partial charge in [-0.2, -0.15) is 0 Å². The molecule has 0 aliphatic carbocycles. The van der Waals surface area contributed by atoms with Crippen LogP contribution in [0.5, 0.6) is 5.75 Å². The lowest BCUT2D eigenvalue weighted by Gasteiger charge is -2.22. The molecule has 1 N–H and O–H groups in total. The molecule has 8 heteroatoms. The molecule has 0 spiro atoms. The highest BCUT2D eigenvalue weighted by molar-refractivity contribution is 7.92. The van der Waals surface area contributed by atoms with E-state index in [1.165, 1.54) is 10.6 Å². The van der Waals surface area contributed by atoms with Crippen LogP contribution in [0, 0.1) is 6.92 Å². The van der Waals surface area contributed by atoms with Gasteiger partial charge in [0.2, 0.25) is 10.0 Å². The number of nitrogens with zero attached hydrogens (tertiary/aromatic N) is 1. The van der Waals surface area contributed by atoms with Crippen molar-refractivity contribution in [2.75, 3.05) is 22.5 Å². The van der Waals surface area contributed by atoms with Crippen molar-refractivity contribution in [3.8, 4) is 5.75 Å². The zero-order valence-electron chi connectivity index (χ0n) is 17.2. The molecule has 0 aliphatic heterocycles. The molecule has 6 nitrogen and oxygen atoms in total. The molecule has 0 aliphatic rings. The third-order valence-electron chi connectivity index (χ3n) is 4.52. The van der Waals surface area contributed by atoms with Crippen LogP contribution < -0.4 is 14.4 Å². The Kier molecular flexibility index (Phi) is 7.20. The maximum absolute atomic E-state index is 12.3. The molecule has 0 atom stereocenters. The molecule has 0 unspecified atom stereocenters. The van der Waals surface area contributed by atoms with Gasteiger partial charge >= 0.3 is 0 Å². The van der Waals surface area contributed by atoms with Crippen molar-refractivity contribution < 1.29 is 17.9 Å². The van der Waals surface area contributed by atoms with Crippen LogP contribution in [0.2, 0.25) is 5.02 Å². The number of carbonyl (C=O) groups is 1. The molecule has 0 heterocycles. The Morgan fingerprint density at radius 1 is 1.03 bits per heavy atom. The lowest BCUT2D eigenvalue weighted by molar-refractivity contribution is -0.118. The zero-order valence-corrected chi connectivity index (χ0v) is 18.8. The fourth-order valence-electron chi connectivity index (χ4n) is 2.87. The van der Waals surface area contributed by atoms with Gasteiger partial charge in [0.05, 0.1) is 18.5 Å². The van der Waals surface area contributed by atoms with Crippen molar-refractivity contribution in [2.45, 2.75) is 13.5 Å². The first-order valence-electron chi connectivity index (χ1n) is 9.53. The molecule has 0 saturated carbocycles. The Bertz CT molecular complexity index is 1150. The SMILES string of the molecule is Cc1ccc(NC(=O)COc2ccc(N(Cc3ccccc3)S(C)(=O)=O)cc2)cc1Cl. The second-order valence-electron chi connectivity index (χ2n) is 7.05. The van der Waals surface area contributed by atoms with Crippen molar-refractivity contribution in [1.82, 2.24) is 0 Å². The van der Waals surface area contributed by atoms with Crippen molar-refractivity contribution in [3.05, 3.63) is 88.9 Å². The minimum atomic E-state index is -3.48. The van der Waals surface area contributed by atoms with Gasteiger partial charge in [0.1, 0.15) is 5.75 Å². The van der Waals surface area contributed by atoms with Crippen LogP contribution in [0.3, 0.4) is 0 Å². The number of hydrogen-bond donors (Lipinski definition) is 1. The van der Waals surface area contributed by atoms with Crippen LogP contribution in [-0.4, -0.2) is 27.2 Å². The summed E-state index contributed by atoms with van der Waals surface area (Å²) in [4.78, 5) is 12.1. The normalized spacial score (nSPS) is 11.1. The fourth-order valence-corrected chi connectivity index (χ4v) is 3.94. The minimum absolute atomic E-state index is 0.190. The minimum Gasteiger partial charge on any atom is -0.484 e. The van der Waals surface area contributed by atoms with E-state index >= 15 is 0 Å². The molecule has 0 radical (unpaired) electrons. The van der Waals surface area contributed by atoms with Gasteiger partial charge in [-0.3, -0.25) is 9.10 Å². The summed E-state index contributed by atoms with van der Waals surface area (Å²) in [6.07, 6.45) is 1.17. The van der Waals surface area contributed by atoms with Gasteiger partial charge < -0.3 is 10.1 Å². The van der Waals surface area contributed by atoms with E-state index in [9.17, 15) is 13.2 Å². The Balaban J connectivity index is 1.63. The van der Waals surface area contributed by atoms with Crippen molar-refractivity contribution in [3.63, 3.8) is 0 Å². The number of nitrogens with one attached hydrogen (secondary N) is 1. The van der Waals surface area contributed by atoms with E-state index in [-0.39, 0.29) is 19.1 Å². The van der Waals surface area contributed by atoms with Crippen molar-refractivity contribution in [2.24, 2.45) is 0 Å². The van der Waals surface area contributed by atoms with Gasteiger partial charge in [0, 0.05) is 10.7 Å². The van der Waals surface area contributed by atoms with E-state index in [0.29, 0.717) is 22.1 Å². The van der Waals surface area contributed by atoms with Crippen LogP contribution in [0.25, 0.3) is 0 Å². The number of halogens is 1. The highest BCUT2D eigenvalue weighted by atomic mass is 35.5. The van der Waals surface area contributed by atoms with Crippen LogP contribution in [0.1, 0.15) is 11.1 Å². The van der Waals surface area contributed by atoms with Crippen LogP contribution >= 0.6 is 11.6 Å². The monoisotopic (exact) mass is 458 g/mol. The van der Waals surface area contributed by atoms with Gasteiger partial charge in [-0.25, -0.2) is 8.42 Å². The number of carbonyl (C=O) groups excluding carboxylic acids is 1. The maximum atomic E-state index is 12.3. The van der Waals surface area contributed by atoms with Gasteiger partial charge in [-0.1, -0.05) is 48.0 Å². The molecule has 3 aromatic rings. The first-order chi connectivity index (χ1) is 14.7. The van der Waals surface area contributed by atoms with Gasteiger partial charge in [0.25, 0.3) is 5.91 Å². The zero-order chi connectivity index (χ0) is 22.4. The summed E-state index contributed by atoms with van der Waals surface area (Å²) in [6.45, 7) is 1.91. The van der Waals surface area contributed by atoms with E-state index in [1.807, 2.05) is 43.3 Å². The number of hydrogen-bond acceptors (Lipinski definition) is 4. The molecule has 0 aromatic heterocycles. The van der Waals surface area contributed by atoms with Crippen LogP contribution in [0.15, 0.2) is 72.8 Å². The number of rotatable bonds is 8. The maximum Gasteiger partial charge on any atom is 0.262 e. The van der Waals surface area contributed by atoms with E-state index < -0.39 is 10.0 Å².